The first kappa shape index (κ1) is 18.6. The highest BCUT2D eigenvalue weighted by Crippen LogP contribution is 2.33. The summed E-state index contributed by atoms with van der Waals surface area (Å²) in [6.45, 7) is 5.90. The first-order chi connectivity index (χ1) is 12.7. The van der Waals surface area contributed by atoms with Gasteiger partial charge in [-0.15, -0.1) is 0 Å². The Morgan fingerprint density at radius 3 is 2.56 bits per heavy atom. The molecule has 0 aliphatic carbocycles. The molecule has 0 aromatic heterocycles. The lowest BCUT2D eigenvalue weighted by atomic mass is 9.95. The van der Waals surface area contributed by atoms with E-state index < -0.39 is 10.3 Å². The lowest BCUT2D eigenvalue weighted by Crippen LogP contribution is -2.29. The van der Waals surface area contributed by atoms with Crippen molar-refractivity contribution in [1.29, 1.82) is 0 Å². The second kappa shape index (κ2) is 6.83. The van der Waals surface area contributed by atoms with Gasteiger partial charge >= 0.3 is 0 Å². The van der Waals surface area contributed by atoms with Gasteiger partial charge in [-0.1, -0.05) is 32.9 Å². The highest BCUT2D eigenvalue weighted by molar-refractivity contribution is 6.08. The fourth-order valence-corrected chi connectivity index (χ4v) is 2.90. The Labute approximate surface area is 157 Å². The van der Waals surface area contributed by atoms with Crippen LogP contribution >= 0.6 is 0 Å². The molecule has 1 heterocycles. The third kappa shape index (κ3) is 3.81. The minimum atomic E-state index is -0.549. The van der Waals surface area contributed by atoms with Crippen LogP contribution in [-0.4, -0.2) is 23.3 Å². The average Bonchev–Trinajstić information content (AvgIpc) is 3.03. The van der Waals surface area contributed by atoms with Gasteiger partial charge in [0.25, 0.3) is 11.6 Å². The second-order valence-electron chi connectivity index (χ2n) is 7.56. The van der Waals surface area contributed by atoms with Crippen molar-refractivity contribution in [3.05, 3.63) is 63.7 Å². The molecule has 0 saturated heterocycles. The van der Waals surface area contributed by atoms with Gasteiger partial charge < -0.3 is 10.2 Å². The summed E-state index contributed by atoms with van der Waals surface area (Å²) in [5, 5.41) is 13.8. The van der Waals surface area contributed by atoms with Crippen LogP contribution in [0.3, 0.4) is 0 Å². The zero-order valence-electron chi connectivity index (χ0n) is 15.5. The Balaban J connectivity index is 1.86. The topological polar surface area (TPSA) is 92.6 Å². The molecule has 7 nitrogen and oxygen atoms in total. The molecule has 3 rings (SSSR count). The predicted octanol–water partition coefficient (Wildman–Crippen LogP) is 3.78. The lowest BCUT2D eigenvalue weighted by Gasteiger charge is -2.19. The Kier molecular flexibility index (Phi) is 4.70. The summed E-state index contributed by atoms with van der Waals surface area (Å²) < 4.78 is 0. The van der Waals surface area contributed by atoms with E-state index in [4.69, 9.17) is 0 Å². The summed E-state index contributed by atoms with van der Waals surface area (Å²) in [4.78, 5) is 37.3. The number of carbonyl (C=O) groups is 2. The van der Waals surface area contributed by atoms with Crippen LogP contribution in [0.2, 0.25) is 0 Å². The van der Waals surface area contributed by atoms with E-state index in [1.165, 1.54) is 12.1 Å². The number of anilines is 2. The first-order valence-corrected chi connectivity index (χ1v) is 8.67. The van der Waals surface area contributed by atoms with Crippen LogP contribution in [-0.2, 0) is 11.2 Å². The van der Waals surface area contributed by atoms with E-state index in [0.29, 0.717) is 29.9 Å². The van der Waals surface area contributed by atoms with Crippen LogP contribution < -0.4 is 10.2 Å². The van der Waals surface area contributed by atoms with Crippen molar-refractivity contribution in [1.82, 2.24) is 0 Å². The van der Waals surface area contributed by atoms with Crippen LogP contribution in [0.15, 0.2) is 42.5 Å². The molecule has 0 radical (unpaired) electrons. The third-order valence-corrected chi connectivity index (χ3v) is 4.47. The van der Waals surface area contributed by atoms with Crippen molar-refractivity contribution in [2.24, 2.45) is 5.41 Å². The van der Waals surface area contributed by atoms with E-state index in [2.05, 4.69) is 5.32 Å². The Bertz CT molecular complexity index is 931. The minimum Gasteiger partial charge on any atom is -0.326 e. The third-order valence-electron chi connectivity index (χ3n) is 4.47. The molecule has 27 heavy (non-hydrogen) atoms. The van der Waals surface area contributed by atoms with Crippen molar-refractivity contribution in [3.63, 3.8) is 0 Å². The van der Waals surface area contributed by atoms with Crippen LogP contribution in [0.4, 0.5) is 17.1 Å². The average molecular weight is 367 g/mol. The van der Waals surface area contributed by atoms with E-state index >= 15 is 0 Å². The maximum Gasteiger partial charge on any atom is 0.271 e. The molecule has 2 aromatic rings. The molecule has 140 valence electrons. The van der Waals surface area contributed by atoms with Gasteiger partial charge in [-0.25, -0.2) is 0 Å². The van der Waals surface area contributed by atoms with E-state index in [-0.39, 0.29) is 17.5 Å². The zero-order chi connectivity index (χ0) is 19.8. The van der Waals surface area contributed by atoms with Crippen molar-refractivity contribution < 1.29 is 14.5 Å². The number of rotatable bonds is 3. The number of nitrogens with zero attached hydrogens (tertiary/aromatic N) is 2. The van der Waals surface area contributed by atoms with E-state index in [9.17, 15) is 19.7 Å². The normalized spacial score (nSPS) is 13.2. The van der Waals surface area contributed by atoms with Gasteiger partial charge in [-0.3, -0.25) is 19.7 Å². The Morgan fingerprint density at radius 1 is 1.15 bits per heavy atom. The van der Waals surface area contributed by atoms with Gasteiger partial charge in [-0.05, 0) is 30.2 Å². The second-order valence-corrected chi connectivity index (χ2v) is 7.56. The van der Waals surface area contributed by atoms with Crippen molar-refractivity contribution in [3.8, 4) is 0 Å². The number of hydrogen-bond acceptors (Lipinski definition) is 4. The number of nitro groups is 1. The zero-order valence-corrected chi connectivity index (χ0v) is 15.5. The summed E-state index contributed by atoms with van der Waals surface area (Å²) in [5.74, 6) is -0.393. The molecule has 0 atom stereocenters. The number of fused-ring (bicyclic) bond motifs is 1. The summed E-state index contributed by atoms with van der Waals surface area (Å²) >= 11 is 0. The minimum absolute atomic E-state index is 0.0420. The summed E-state index contributed by atoms with van der Waals surface area (Å²) in [6.07, 6.45) is 0.652. The fraction of sp³-hybridized carbons (Fsp3) is 0.300. The first-order valence-electron chi connectivity index (χ1n) is 8.67. The smallest absolute Gasteiger partial charge is 0.271 e. The Hall–Kier alpha value is -3.22. The highest BCUT2D eigenvalue weighted by Gasteiger charge is 2.28. The molecule has 1 aliphatic heterocycles. The number of benzene rings is 2. The lowest BCUT2D eigenvalue weighted by molar-refractivity contribution is -0.384. The molecule has 0 bridgehead atoms. The van der Waals surface area contributed by atoms with Crippen molar-refractivity contribution in [2.75, 3.05) is 16.8 Å². The fourth-order valence-electron chi connectivity index (χ4n) is 2.90. The maximum atomic E-state index is 13.0. The van der Waals surface area contributed by atoms with E-state index in [0.717, 1.165) is 5.56 Å². The number of nitro benzene ring substituents is 1. The summed E-state index contributed by atoms with van der Waals surface area (Å²) in [6, 6.07) is 11.3. The highest BCUT2D eigenvalue weighted by atomic mass is 16.6. The molecule has 1 N–H and O–H groups in total. The van der Waals surface area contributed by atoms with Crippen molar-refractivity contribution >= 4 is 28.9 Å². The monoisotopic (exact) mass is 367 g/mol. The van der Waals surface area contributed by atoms with Crippen LogP contribution in [0.25, 0.3) is 0 Å². The van der Waals surface area contributed by atoms with E-state index in [1.807, 2.05) is 20.8 Å². The van der Waals surface area contributed by atoms with Crippen molar-refractivity contribution in [2.45, 2.75) is 27.2 Å². The van der Waals surface area contributed by atoms with Gasteiger partial charge in [0.15, 0.2) is 0 Å². The molecule has 0 spiro atoms. The van der Waals surface area contributed by atoms with Crippen LogP contribution in [0.5, 0.6) is 0 Å². The largest absolute Gasteiger partial charge is 0.326 e. The standard InChI is InChI=1S/C20H21N3O4/c1-20(2,3)19(25)21-15-6-4-5-14(11-15)18(24)22-10-9-13-7-8-16(23(26)27)12-17(13)22/h4-8,11-12H,9-10H2,1-3H3,(H,21,25). The molecule has 0 unspecified atom stereocenters. The molecular formula is C20H21N3O4. The van der Waals surface area contributed by atoms with Crippen LogP contribution in [0.1, 0.15) is 36.7 Å². The molecular weight excluding hydrogens is 346 g/mol. The number of amides is 2. The number of non-ortho nitro benzene ring substituents is 1. The molecule has 2 aromatic carbocycles. The van der Waals surface area contributed by atoms with Gasteiger partial charge in [-0.2, -0.15) is 0 Å². The van der Waals surface area contributed by atoms with Gasteiger partial charge in [0.05, 0.1) is 10.6 Å². The number of hydrogen-bond donors (Lipinski definition) is 1. The Morgan fingerprint density at radius 2 is 1.89 bits per heavy atom. The number of nitrogens with one attached hydrogen (secondary N) is 1. The molecule has 2 amide bonds. The van der Waals surface area contributed by atoms with Gasteiger partial charge in [0.2, 0.25) is 5.91 Å². The summed E-state index contributed by atoms with van der Waals surface area (Å²) in [7, 11) is 0. The predicted molar refractivity (Wildman–Crippen MR) is 103 cm³/mol. The molecule has 0 fully saturated rings. The number of carbonyl (C=O) groups excluding carboxylic acids is 2. The summed E-state index contributed by atoms with van der Waals surface area (Å²) in [5.41, 5.74) is 1.84. The molecule has 7 heteroatoms. The molecule has 1 aliphatic rings. The molecule has 0 saturated carbocycles. The van der Waals surface area contributed by atoms with Gasteiger partial charge in [0, 0.05) is 35.3 Å². The van der Waals surface area contributed by atoms with Crippen LogP contribution in [0, 0.1) is 15.5 Å². The maximum absolute atomic E-state index is 13.0. The quantitative estimate of drug-likeness (QED) is 0.660. The SMILES string of the molecule is CC(C)(C)C(=O)Nc1cccc(C(=O)N2CCc3ccc([N+](=O)[O-])cc32)c1. The van der Waals surface area contributed by atoms with E-state index in [1.54, 1.807) is 35.2 Å². The van der Waals surface area contributed by atoms with Gasteiger partial charge in [0.1, 0.15) is 0 Å².